The van der Waals surface area contributed by atoms with Crippen LogP contribution in [0.4, 0.5) is 13.2 Å². The summed E-state index contributed by atoms with van der Waals surface area (Å²) < 4.78 is 61.6. The number of benzene rings is 1. The van der Waals surface area contributed by atoms with Gasteiger partial charge in [0, 0.05) is 12.5 Å². The fourth-order valence-corrected chi connectivity index (χ4v) is 3.13. The van der Waals surface area contributed by atoms with E-state index in [4.69, 9.17) is 0 Å². The highest BCUT2D eigenvalue weighted by atomic mass is 32.2. The number of hydrogen-bond acceptors (Lipinski definition) is 3. The number of sulfonamides is 1. The quantitative estimate of drug-likeness (QED) is 0.766. The van der Waals surface area contributed by atoms with E-state index in [1.54, 1.807) is 30.3 Å². The van der Waals surface area contributed by atoms with Gasteiger partial charge in [-0.1, -0.05) is 30.3 Å². The molecule has 4 nitrogen and oxygen atoms in total. The molecule has 0 aliphatic rings. The Labute approximate surface area is 122 Å². The number of nitrogens with one attached hydrogen (secondary N) is 1. The summed E-state index contributed by atoms with van der Waals surface area (Å²) in [6.07, 6.45) is -5.73. The molecule has 0 saturated heterocycles. The maximum atomic E-state index is 12.0. The summed E-state index contributed by atoms with van der Waals surface area (Å²) >= 11 is 0. The Hall–Kier alpha value is -1.12. The van der Waals surface area contributed by atoms with E-state index in [1.165, 1.54) is 0 Å². The first-order valence-corrected chi connectivity index (χ1v) is 8.08. The van der Waals surface area contributed by atoms with Crippen molar-refractivity contribution in [3.05, 3.63) is 35.9 Å². The van der Waals surface area contributed by atoms with Crippen LogP contribution in [0.5, 0.6) is 0 Å². The lowest BCUT2D eigenvalue weighted by atomic mass is 10.1. The number of alkyl halides is 3. The average Bonchev–Trinajstić information content (AvgIpc) is 2.37. The van der Waals surface area contributed by atoms with E-state index < -0.39 is 47.4 Å². The van der Waals surface area contributed by atoms with Crippen LogP contribution < -0.4 is 4.72 Å². The Morgan fingerprint density at radius 3 is 2.33 bits per heavy atom. The highest BCUT2D eigenvalue weighted by Crippen LogP contribution is 2.21. The van der Waals surface area contributed by atoms with Crippen LogP contribution in [0.3, 0.4) is 0 Å². The first-order chi connectivity index (χ1) is 9.72. The second-order valence-corrected chi connectivity index (χ2v) is 6.60. The van der Waals surface area contributed by atoms with E-state index in [1.807, 2.05) is 0 Å². The van der Waals surface area contributed by atoms with E-state index in [-0.39, 0.29) is 6.42 Å². The monoisotopic (exact) mass is 325 g/mol. The molecule has 0 aromatic heterocycles. The first kappa shape index (κ1) is 17.9. The lowest BCUT2D eigenvalue weighted by Crippen LogP contribution is -2.40. The highest BCUT2D eigenvalue weighted by molar-refractivity contribution is 7.89. The lowest BCUT2D eigenvalue weighted by molar-refractivity contribution is -0.134. The van der Waals surface area contributed by atoms with Gasteiger partial charge in [0.2, 0.25) is 10.0 Å². The molecule has 0 aliphatic heterocycles. The number of aliphatic hydroxyl groups excluding tert-OH is 1. The summed E-state index contributed by atoms with van der Waals surface area (Å²) in [5, 5.41) is 9.20. The first-order valence-electron chi connectivity index (χ1n) is 6.43. The summed E-state index contributed by atoms with van der Waals surface area (Å²) in [7, 11) is -3.85. The molecule has 8 heteroatoms. The molecule has 0 heterocycles. The molecule has 0 bridgehead atoms. The number of rotatable bonds is 8. The van der Waals surface area contributed by atoms with Crippen LogP contribution in [-0.4, -0.2) is 38.1 Å². The van der Waals surface area contributed by atoms with Crippen molar-refractivity contribution < 1.29 is 26.7 Å². The van der Waals surface area contributed by atoms with Gasteiger partial charge >= 0.3 is 6.18 Å². The second kappa shape index (κ2) is 7.77. The van der Waals surface area contributed by atoms with Gasteiger partial charge < -0.3 is 5.11 Å². The zero-order chi connectivity index (χ0) is 15.9. The average molecular weight is 325 g/mol. The van der Waals surface area contributed by atoms with Crippen molar-refractivity contribution in [1.29, 1.82) is 0 Å². The van der Waals surface area contributed by atoms with Gasteiger partial charge in [0.1, 0.15) is 0 Å². The standard InChI is InChI=1S/C13H18F3NO3S/c14-13(15,16)7-4-8-21(19,20)17-12(10-18)9-11-5-2-1-3-6-11/h1-3,5-6,12,17-18H,4,7-10H2/t12-/m1/s1. The minimum absolute atomic E-state index is 0.274. The van der Waals surface area contributed by atoms with E-state index in [9.17, 15) is 26.7 Å². The summed E-state index contributed by atoms with van der Waals surface area (Å²) in [6, 6.07) is 8.17. The molecule has 0 unspecified atom stereocenters. The van der Waals surface area contributed by atoms with Gasteiger partial charge in [0.05, 0.1) is 12.4 Å². The van der Waals surface area contributed by atoms with Gasteiger partial charge in [-0.3, -0.25) is 0 Å². The van der Waals surface area contributed by atoms with E-state index in [2.05, 4.69) is 4.72 Å². The Kier molecular flexibility index (Phi) is 6.63. The van der Waals surface area contributed by atoms with Gasteiger partial charge in [0.15, 0.2) is 0 Å². The van der Waals surface area contributed by atoms with Crippen molar-refractivity contribution in [2.45, 2.75) is 31.5 Å². The van der Waals surface area contributed by atoms with Crippen LogP contribution >= 0.6 is 0 Å². The molecule has 2 N–H and O–H groups in total. The summed E-state index contributed by atoms with van der Waals surface area (Å²) in [6.45, 7) is -0.423. The summed E-state index contributed by atoms with van der Waals surface area (Å²) in [5.74, 6) is -0.613. The third-order valence-corrected chi connectivity index (χ3v) is 4.28. The van der Waals surface area contributed by atoms with E-state index in [0.717, 1.165) is 5.56 Å². The van der Waals surface area contributed by atoms with Crippen LogP contribution in [0.1, 0.15) is 18.4 Å². The Bertz CT molecular complexity index is 517. The predicted molar refractivity (Wildman–Crippen MR) is 73.2 cm³/mol. The third kappa shape index (κ3) is 8.03. The van der Waals surface area contributed by atoms with Gasteiger partial charge in [-0.15, -0.1) is 0 Å². The highest BCUT2D eigenvalue weighted by Gasteiger charge is 2.28. The predicted octanol–water partition coefficient (Wildman–Crippen LogP) is 1.85. The summed E-state index contributed by atoms with van der Waals surface area (Å²) in [4.78, 5) is 0. The molecule has 0 radical (unpaired) electrons. The van der Waals surface area contributed by atoms with Crippen LogP contribution in [0, 0.1) is 0 Å². The molecule has 21 heavy (non-hydrogen) atoms. The third-order valence-electron chi connectivity index (χ3n) is 2.76. The van der Waals surface area contributed by atoms with Crippen molar-refractivity contribution in [2.75, 3.05) is 12.4 Å². The van der Waals surface area contributed by atoms with Crippen LogP contribution in [0.15, 0.2) is 30.3 Å². The minimum atomic E-state index is -4.37. The van der Waals surface area contributed by atoms with Crippen molar-refractivity contribution in [3.8, 4) is 0 Å². The fourth-order valence-electron chi connectivity index (χ4n) is 1.82. The molecule has 1 aromatic rings. The van der Waals surface area contributed by atoms with Crippen molar-refractivity contribution in [1.82, 2.24) is 4.72 Å². The molecule has 0 saturated carbocycles. The van der Waals surface area contributed by atoms with E-state index >= 15 is 0 Å². The van der Waals surface area contributed by atoms with Crippen molar-refractivity contribution >= 4 is 10.0 Å². The maximum Gasteiger partial charge on any atom is 0.389 e. The molecular formula is C13H18F3NO3S. The fraction of sp³-hybridized carbons (Fsp3) is 0.538. The van der Waals surface area contributed by atoms with Gasteiger partial charge in [0.25, 0.3) is 0 Å². The van der Waals surface area contributed by atoms with Gasteiger partial charge in [-0.05, 0) is 18.4 Å². The molecule has 0 fully saturated rings. The Morgan fingerprint density at radius 2 is 1.81 bits per heavy atom. The molecule has 1 rings (SSSR count). The molecule has 120 valence electrons. The van der Waals surface area contributed by atoms with Crippen molar-refractivity contribution in [2.24, 2.45) is 0 Å². The van der Waals surface area contributed by atoms with Gasteiger partial charge in [-0.25, -0.2) is 13.1 Å². The topological polar surface area (TPSA) is 66.4 Å². The Morgan fingerprint density at radius 1 is 1.19 bits per heavy atom. The minimum Gasteiger partial charge on any atom is -0.395 e. The van der Waals surface area contributed by atoms with Crippen LogP contribution in [-0.2, 0) is 16.4 Å². The zero-order valence-corrected chi connectivity index (χ0v) is 12.1. The largest absolute Gasteiger partial charge is 0.395 e. The summed E-state index contributed by atoms with van der Waals surface area (Å²) in [5.41, 5.74) is 0.828. The van der Waals surface area contributed by atoms with E-state index in [0.29, 0.717) is 0 Å². The normalized spacial score (nSPS) is 14.1. The van der Waals surface area contributed by atoms with Crippen LogP contribution in [0.2, 0.25) is 0 Å². The Balaban J connectivity index is 2.51. The second-order valence-electron chi connectivity index (χ2n) is 4.72. The van der Waals surface area contributed by atoms with Gasteiger partial charge in [-0.2, -0.15) is 13.2 Å². The smallest absolute Gasteiger partial charge is 0.389 e. The van der Waals surface area contributed by atoms with Crippen LogP contribution in [0.25, 0.3) is 0 Å². The number of aliphatic hydroxyl groups is 1. The maximum absolute atomic E-state index is 12.0. The molecule has 0 spiro atoms. The lowest BCUT2D eigenvalue weighted by Gasteiger charge is -2.16. The molecule has 1 aromatic carbocycles. The number of hydrogen-bond donors (Lipinski definition) is 2. The molecular weight excluding hydrogens is 307 g/mol. The zero-order valence-electron chi connectivity index (χ0n) is 11.3. The SMILES string of the molecule is O=S(=O)(CCCC(F)(F)F)N[C@@H](CO)Cc1ccccc1. The number of halogens is 3. The molecule has 0 amide bonds. The molecule has 1 atom stereocenters. The van der Waals surface area contributed by atoms with Crippen molar-refractivity contribution in [3.63, 3.8) is 0 Å². The molecule has 0 aliphatic carbocycles.